The largest absolute Gasteiger partial charge is 0.444 e. The molecule has 2 atom stereocenters. The smallest absolute Gasteiger partial charge is 0.407 e. The van der Waals surface area contributed by atoms with Crippen LogP contribution in [-0.2, 0) is 11.2 Å². The van der Waals surface area contributed by atoms with Crippen molar-refractivity contribution in [3.63, 3.8) is 0 Å². The van der Waals surface area contributed by atoms with Crippen molar-refractivity contribution in [1.82, 2.24) is 10.6 Å². The molecule has 0 aliphatic heterocycles. The Morgan fingerprint density at radius 1 is 1.36 bits per heavy atom. The van der Waals surface area contributed by atoms with Crippen LogP contribution in [0.1, 0.15) is 38.8 Å². The zero-order chi connectivity index (χ0) is 16.9. The summed E-state index contributed by atoms with van der Waals surface area (Å²) in [5.74, 6) is 0. The van der Waals surface area contributed by atoms with Crippen LogP contribution in [-0.4, -0.2) is 30.8 Å². The third-order valence-corrected chi connectivity index (χ3v) is 3.82. The van der Waals surface area contributed by atoms with Gasteiger partial charge in [-0.3, -0.25) is 0 Å². The first-order valence-corrected chi connectivity index (χ1v) is 7.92. The maximum absolute atomic E-state index is 11.9. The summed E-state index contributed by atoms with van der Waals surface area (Å²) in [5, 5.41) is 6.90. The molecule has 1 aromatic rings. The van der Waals surface area contributed by atoms with Crippen molar-refractivity contribution in [2.24, 2.45) is 0 Å². The Morgan fingerprint density at radius 3 is 2.50 bits per heavy atom. The molecule has 0 spiro atoms. The van der Waals surface area contributed by atoms with Crippen LogP contribution in [0.25, 0.3) is 0 Å². The number of alkyl carbamates (subject to hydrolysis) is 1. The van der Waals surface area contributed by atoms with Crippen LogP contribution < -0.4 is 10.6 Å². The van der Waals surface area contributed by atoms with Crippen LogP contribution in [0.4, 0.5) is 4.79 Å². The van der Waals surface area contributed by atoms with E-state index in [1.165, 1.54) is 5.56 Å². The van der Waals surface area contributed by atoms with Gasteiger partial charge in [-0.15, -0.1) is 0 Å². The van der Waals surface area contributed by atoms with Gasteiger partial charge < -0.3 is 15.4 Å². The lowest BCUT2D eigenvalue weighted by molar-refractivity contribution is 0.0498. The molecule has 22 heavy (non-hydrogen) atoms. The molecular weight excluding hydrogens is 300 g/mol. The summed E-state index contributed by atoms with van der Waals surface area (Å²) >= 11 is 6.05. The van der Waals surface area contributed by atoms with Crippen molar-refractivity contribution in [2.45, 2.75) is 58.7 Å². The molecule has 1 amide bonds. The molecule has 0 saturated carbocycles. The summed E-state index contributed by atoms with van der Waals surface area (Å²) in [6.07, 6.45) is 0.401. The first kappa shape index (κ1) is 18.8. The molecule has 0 heterocycles. The van der Waals surface area contributed by atoms with E-state index in [0.717, 1.165) is 17.0 Å². The van der Waals surface area contributed by atoms with E-state index in [-0.39, 0.29) is 12.1 Å². The summed E-state index contributed by atoms with van der Waals surface area (Å²) in [5.41, 5.74) is 1.74. The van der Waals surface area contributed by atoms with Gasteiger partial charge in [0.25, 0.3) is 0 Å². The van der Waals surface area contributed by atoms with Crippen LogP contribution in [0.5, 0.6) is 0 Å². The number of ether oxygens (including phenoxy) is 1. The van der Waals surface area contributed by atoms with Crippen molar-refractivity contribution < 1.29 is 9.53 Å². The Bertz CT molecular complexity index is 512. The lowest BCUT2D eigenvalue weighted by atomic mass is 9.99. The van der Waals surface area contributed by atoms with Crippen LogP contribution in [0.15, 0.2) is 18.2 Å². The third-order valence-electron chi connectivity index (χ3n) is 3.40. The number of hydrogen-bond donors (Lipinski definition) is 2. The predicted octanol–water partition coefficient (Wildman–Crippen LogP) is 3.69. The van der Waals surface area contributed by atoms with E-state index in [1.54, 1.807) is 0 Å². The first-order valence-electron chi connectivity index (χ1n) is 7.54. The highest BCUT2D eigenvalue weighted by molar-refractivity contribution is 6.31. The highest BCUT2D eigenvalue weighted by atomic mass is 35.5. The number of amides is 1. The Labute approximate surface area is 138 Å². The molecule has 0 aromatic heterocycles. The van der Waals surface area contributed by atoms with Gasteiger partial charge in [-0.1, -0.05) is 23.7 Å². The Hall–Kier alpha value is -1.26. The molecule has 1 rings (SSSR count). The summed E-state index contributed by atoms with van der Waals surface area (Å²) in [6, 6.07) is 6.04. The monoisotopic (exact) mass is 326 g/mol. The summed E-state index contributed by atoms with van der Waals surface area (Å²) in [7, 11) is 1.89. The van der Waals surface area contributed by atoms with Gasteiger partial charge in [0.1, 0.15) is 5.60 Å². The zero-order valence-electron chi connectivity index (χ0n) is 14.3. The average Bonchev–Trinajstić information content (AvgIpc) is 2.37. The number of aryl methyl sites for hydroxylation is 1. The summed E-state index contributed by atoms with van der Waals surface area (Å²) in [6.45, 7) is 9.51. The summed E-state index contributed by atoms with van der Waals surface area (Å²) in [4.78, 5) is 11.9. The van der Waals surface area contributed by atoms with Gasteiger partial charge in [0.05, 0.1) is 0 Å². The van der Waals surface area contributed by atoms with E-state index in [2.05, 4.69) is 16.7 Å². The van der Waals surface area contributed by atoms with E-state index < -0.39 is 11.7 Å². The number of rotatable bonds is 5. The molecule has 0 saturated heterocycles. The lowest BCUT2D eigenvalue weighted by Crippen LogP contribution is -2.49. The quantitative estimate of drug-likeness (QED) is 0.867. The maximum atomic E-state index is 11.9. The lowest BCUT2D eigenvalue weighted by Gasteiger charge is -2.27. The van der Waals surface area contributed by atoms with Gasteiger partial charge >= 0.3 is 6.09 Å². The van der Waals surface area contributed by atoms with Gasteiger partial charge in [-0.2, -0.15) is 0 Å². The van der Waals surface area contributed by atoms with Gasteiger partial charge in [0.15, 0.2) is 0 Å². The highest BCUT2D eigenvalue weighted by Gasteiger charge is 2.22. The number of likely N-dealkylation sites (N-methyl/N-ethyl adjacent to an activating group) is 1. The van der Waals surface area contributed by atoms with Crippen molar-refractivity contribution in [3.05, 3.63) is 34.3 Å². The molecule has 0 fully saturated rings. The van der Waals surface area contributed by atoms with Gasteiger partial charge in [0, 0.05) is 17.1 Å². The predicted molar refractivity (Wildman–Crippen MR) is 91.6 cm³/mol. The summed E-state index contributed by atoms with van der Waals surface area (Å²) < 4.78 is 5.29. The number of benzene rings is 1. The van der Waals surface area contributed by atoms with Crippen molar-refractivity contribution >= 4 is 17.7 Å². The second-order valence-corrected chi connectivity index (χ2v) is 7.02. The average molecular weight is 327 g/mol. The van der Waals surface area contributed by atoms with Gasteiger partial charge in [-0.25, -0.2) is 4.79 Å². The Kier molecular flexibility index (Phi) is 6.69. The van der Waals surface area contributed by atoms with Crippen LogP contribution in [0.2, 0.25) is 5.02 Å². The third kappa shape index (κ3) is 6.24. The molecule has 2 unspecified atom stereocenters. The van der Waals surface area contributed by atoms with Crippen molar-refractivity contribution in [1.29, 1.82) is 0 Å². The number of carbonyl (C=O) groups is 1. The minimum absolute atomic E-state index is 0.0594. The topological polar surface area (TPSA) is 50.4 Å². The van der Waals surface area contributed by atoms with E-state index in [4.69, 9.17) is 16.3 Å². The van der Waals surface area contributed by atoms with Gasteiger partial charge in [0.2, 0.25) is 0 Å². The van der Waals surface area contributed by atoms with E-state index in [9.17, 15) is 4.79 Å². The van der Waals surface area contributed by atoms with E-state index in [1.807, 2.05) is 53.8 Å². The van der Waals surface area contributed by atoms with Crippen molar-refractivity contribution in [2.75, 3.05) is 7.05 Å². The second-order valence-electron chi connectivity index (χ2n) is 6.62. The van der Waals surface area contributed by atoms with Crippen LogP contribution >= 0.6 is 11.6 Å². The fourth-order valence-electron chi connectivity index (χ4n) is 2.21. The standard InChI is InChI=1S/C17H27ClN2O2/c1-11-9-13(7-8-14(11)18)10-15(19-6)12(2)20-16(21)22-17(3,4)5/h7-9,12,15,19H,10H2,1-6H3,(H,20,21). The maximum Gasteiger partial charge on any atom is 0.407 e. The molecule has 1 aromatic carbocycles. The minimum atomic E-state index is -0.494. The van der Waals surface area contributed by atoms with E-state index in [0.29, 0.717) is 0 Å². The SMILES string of the molecule is CNC(Cc1ccc(Cl)c(C)c1)C(C)NC(=O)OC(C)(C)C. The number of hydrogen-bond acceptors (Lipinski definition) is 3. The molecule has 124 valence electrons. The van der Waals surface area contributed by atoms with Crippen LogP contribution in [0, 0.1) is 6.92 Å². The molecular formula is C17H27ClN2O2. The van der Waals surface area contributed by atoms with Crippen molar-refractivity contribution in [3.8, 4) is 0 Å². The second kappa shape index (κ2) is 7.84. The zero-order valence-corrected chi connectivity index (χ0v) is 15.0. The molecule has 0 aliphatic rings. The number of nitrogens with one attached hydrogen (secondary N) is 2. The number of halogens is 1. The fraction of sp³-hybridized carbons (Fsp3) is 0.588. The molecule has 4 nitrogen and oxygen atoms in total. The Balaban J connectivity index is 2.66. The van der Waals surface area contributed by atoms with E-state index >= 15 is 0 Å². The fourth-order valence-corrected chi connectivity index (χ4v) is 2.33. The number of carbonyl (C=O) groups excluding carboxylic acids is 1. The molecule has 2 N–H and O–H groups in total. The van der Waals surface area contributed by atoms with Gasteiger partial charge in [-0.05, 0) is 65.3 Å². The molecule has 5 heteroatoms. The minimum Gasteiger partial charge on any atom is -0.444 e. The van der Waals surface area contributed by atoms with Crippen LogP contribution in [0.3, 0.4) is 0 Å². The Morgan fingerprint density at radius 2 is 2.00 bits per heavy atom. The molecule has 0 bridgehead atoms. The highest BCUT2D eigenvalue weighted by Crippen LogP contribution is 2.18. The normalized spacial score (nSPS) is 14.3. The molecule has 0 aliphatic carbocycles. The first-order chi connectivity index (χ1) is 10.1. The molecule has 0 radical (unpaired) electrons.